The molecule has 0 fully saturated rings. The van der Waals surface area contributed by atoms with Gasteiger partial charge >= 0.3 is 5.97 Å². The second kappa shape index (κ2) is 22.4. The van der Waals surface area contributed by atoms with E-state index in [0.717, 1.165) is 42.1 Å². The predicted molar refractivity (Wildman–Crippen MR) is 169 cm³/mol. The number of ether oxygens (including phenoxy) is 1. The third-order valence-corrected chi connectivity index (χ3v) is 7.97. The Balaban J connectivity index is 1.73. The van der Waals surface area contributed by atoms with Crippen molar-refractivity contribution in [3.63, 3.8) is 0 Å². The summed E-state index contributed by atoms with van der Waals surface area (Å²) >= 11 is 0. The molecule has 0 radical (unpaired) electrons. The van der Waals surface area contributed by atoms with Crippen LogP contribution in [0.5, 0.6) is 0 Å². The van der Waals surface area contributed by atoms with Crippen molar-refractivity contribution < 1.29 is 14.3 Å². The maximum atomic E-state index is 13.1. The van der Waals surface area contributed by atoms with Crippen LogP contribution in [-0.2, 0) is 20.7 Å². The second-order valence-corrected chi connectivity index (χ2v) is 11.6. The SMILES string of the molecule is CCCCCCCCCCCCOC(=O)[C@H](Cc1c[nH]c2ccccc12)NC(=O)CCCCCCCCCCC. The third kappa shape index (κ3) is 14.9. The number of rotatable bonds is 25. The Hall–Kier alpha value is -2.30. The molecule has 1 atom stereocenters. The van der Waals surface area contributed by atoms with Gasteiger partial charge in [-0.1, -0.05) is 141 Å². The highest BCUT2D eigenvalue weighted by Gasteiger charge is 2.24. The fraction of sp³-hybridized carbons (Fsp3) is 0.714. The van der Waals surface area contributed by atoms with Crippen molar-refractivity contribution in [1.29, 1.82) is 0 Å². The molecule has 5 nitrogen and oxygen atoms in total. The number of benzene rings is 1. The number of amides is 1. The average molecular weight is 555 g/mol. The summed E-state index contributed by atoms with van der Waals surface area (Å²) in [5, 5.41) is 4.09. The van der Waals surface area contributed by atoms with Crippen LogP contribution >= 0.6 is 0 Å². The van der Waals surface area contributed by atoms with Gasteiger partial charge < -0.3 is 15.0 Å². The number of hydrogen-bond donors (Lipinski definition) is 2. The molecule has 0 aliphatic carbocycles. The molecular weight excluding hydrogens is 496 g/mol. The van der Waals surface area contributed by atoms with E-state index in [2.05, 4.69) is 30.2 Å². The van der Waals surface area contributed by atoms with Gasteiger partial charge in [-0.25, -0.2) is 4.79 Å². The highest BCUT2D eigenvalue weighted by Crippen LogP contribution is 2.20. The normalized spacial score (nSPS) is 12.1. The number of fused-ring (bicyclic) bond motifs is 1. The first-order valence-corrected chi connectivity index (χ1v) is 16.7. The predicted octanol–water partition coefficient (Wildman–Crippen LogP) is 9.58. The molecule has 2 rings (SSSR count). The summed E-state index contributed by atoms with van der Waals surface area (Å²) in [6.45, 7) is 4.92. The number of unbranched alkanes of at least 4 members (excludes halogenated alkanes) is 17. The first-order chi connectivity index (χ1) is 19.7. The number of esters is 1. The number of aromatic amines is 1. The minimum absolute atomic E-state index is 0.0522. The molecule has 0 unspecified atom stereocenters. The van der Waals surface area contributed by atoms with Crippen molar-refractivity contribution in [2.75, 3.05) is 6.61 Å². The van der Waals surface area contributed by atoms with E-state index in [-0.39, 0.29) is 11.9 Å². The lowest BCUT2D eigenvalue weighted by molar-refractivity contribution is -0.148. The number of para-hydroxylation sites is 1. The molecule has 2 N–H and O–H groups in total. The molecule has 0 saturated carbocycles. The molecule has 0 bridgehead atoms. The van der Waals surface area contributed by atoms with E-state index in [0.29, 0.717) is 19.4 Å². The first kappa shape index (κ1) is 33.9. The minimum Gasteiger partial charge on any atom is -0.464 e. The number of carbonyl (C=O) groups is 2. The minimum atomic E-state index is -0.659. The van der Waals surface area contributed by atoms with E-state index in [1.54, 1.807) is 0 Å². The number of aromatic nitrogens is 1. The van der Waals surface area contributed by atoms with Gasteiger partial charge in [0.2, 0.25) is 5.91 Å². The van der Waals surface area contributed by atoms with Crippen molar-refractivity contribution in [2.24, 2.45) is 0 Å². The van der Waals surface area contributed by atoms with Crippen LogP contribution < -0.4 is 5.32 Å². The smallest absolute Gasteiger partial charge is 0.328 e. The van der Waals surface area contributed by atoms with Gasteiger partial charge in [0.15, 0.2) is 0 Å². The summed E-state index contributed by atoms with van der Waals surface area (Å²) < 4.78 is 5.67. The van der Waals surface area contributed by atoms with Crippen molar-refractivity contribution in [3.05, 3.63) is 36.0 Å². The Morgan fingerprint density at radius 1 is 0.725 bits per heavy atom. The topological polar surface area (TPSA) is 71.2 Å². The molecule has 0 spiro atoms. The third-order valence-electron chi connectivity index (χ3n) is 7.97. The van der Waals surface area contributed by atoms with Crippen LogP contribution in [0.15, 0.2) is 30.5 Å². The van der Waals surface area contributed by atoms with Crippen molar-refractivity contribution in [3.8, 4) is 0 Å². The average Bonchev–Trinajstić information content (AvgIpc) is 3.37. The monoisotopic (exact) mass is 554 g/mol. The molecule has 1 amide bonds. The molecule has 0 saturated heterocycles. The van der Waals surface area contributed by atoms with Crippen LogP contribution in [-0.4, -0.2) is 29.5 Å². The first-order valence-electron chi connectivity index (χ1n) is 16.7. The van der Waals surface area contributed by atoms with Crippen molar-refractivity contribution >= 4 is 22.8 Å². The summed E-state index contributed by atoms with van der Waals surface area (Å²) in [4.78, 5) is 29.1. The zero-order chi connectivity index (χ0) is 28.7. The Morgan fingerprint density at radius 2 is 1.25 bits per heavy atom. The van der Waals surface area contributed by atoms with Crippen LogP contribution in [0.25, 0.3) is 10.9 Å². The number of H-pyrrole nitrogens is 1. The number of nitrogens with one attached hydrogen (secondary N) is 2. The molecular formula is C35H58N2O3. The van der Waals surface area contributed by atoms with Gasteiger partial charge in [0.05, 0.1) is 6.61 Å². The fourth-order valence-electron chi connectivity index (χ4n) is 5.44. The van der Waals surface area contributed by atoms with Gasteiger partial charge in [-0.05, 0) is 24.5 Å². The van der Waals surface area contributed by atoms with Crippen LogP contribution in [0.3, 0.4) is 0 Å². The summed E-state index contributed by atoms with van der Waals surface area (Å²) in [5.41, 5.74) is 2.07. The quantitative estimate of drug-likeness (QED) is 0.0948. The molecule has 2 aromatic rings. The lowest BCUT2D eigenvalue weighted by Crippen LogP contribution is -2.43. The maximum absolute atomic E-state index is 13.1. The summed E-state index contributed by atoms with van der Waals surface area (Å²) in [6, 6.07) is 7.42. The number of carbonyl (C=O) groups excluding carboxylic acids is 2. The Morgan fingerprint density at radius 3 is 1.85 bits per heavy atom. The van der Waals surface area contributed by atoms with E-state index in [4.69, 9.17) is 4.74 Å². The Labute approximate surface area is 244 Å². The Kier molecular flexibility index (Phi) is 19.0. The maximum Gasteiger partial charge on any atom is 0.328 e. The summed E-state index contributed by atoms with van der Waals surface area (Å²) in [7, 11) is 0. The van der Waals surface area contributed by atoms with E-state index >= 15 is 0 Å². The van der Waals surface area contributed by atoms with Gasteiger partial charge in [0.1, 0.15) is 6.04 Å². The zero-order valence-corrected chi connectivity index (χ0v) is 25.7. The van der Waals surface area contributed by atoms with Gasteiger partial charge in [-0.2, -0.15) is 0 Å². The second-order valence-electron chi connectivity index (χ2n) is 11.6. The van der Waals surface area contributed by atoms with Gasteiger partial charge in [-0.3, -0.25) is 4.79 Å². The van der Waals surface area contributed by atoms with Crippen molar-refractivity contribution in [2.45, 2.75) is 155 Å². The van der Waals surface area contributed by atoms with Crippen LogP contribution in [0.4, 0.5) is 0 Å². The largest absolute Gasteiger partial charge is 0.464 e. The molecule has 1 aromatic heterocycles. The highest BCUT2D eigenvalue weighted by molar-refractivity contribution is 5.87. The zero-order valence-electron chi connectivity index (χ0n) is 25.7. The van der Waals surface area contributed by atoms with Gasteiger partial charge in [0.25, 0.3) is 0 Å². The van der Waals surface area contributed by atoms with Crippen molar-refractivity contribution in [1.82, 2.24) is 10.3 Å². The fourth-order valence-corrected chi connectivity index (χ4v) is 5.44. The molecule has 1 aromatic carbocycles. The van der Waals surface area contributed by atoms with E-state index in [9.17, 15) is 9.59 Å². The summed E-state index contributed by atoms with van der Waals surface area (Å²) in [6.07, 6.45) is 26.2. The molecule has 1 heterocycles. The standard InChI is InChI=1S/C35H58N2O3/c1-3-5-7-9-11-13-15-17-19-23-27-40-35(39)33(28-30-29-36-32-25-22-21-24-31(30)32)37-34(38)26-20-18-16-14-12-10-8-6-4-2/h21-22,24-25,29,33,36H,3-20,23,26-28H2,1-2H3,(H,37,38)/t33-/m0/s1. The Bertz CT molecular complexity index is 922. The van der Waals surface area contributed by atoms with E-state index < -0.39 is 6.04 Å². The van der Waals surface area contributed by atoms with Crippen LogP contribution in [0.2, 0.25) is 0 Å². The van der Waals surface area contributed by atoms with Gasteiger partial charge in [0, 0.05) is 29.9 Å². The molecule has 40 heavy (non-hydrogen) atoms. The highest BCUT2D eigenvalue weighted by atomic mass is 16.5. The molecule has 0 aliphatic rings. The van der Waals surface area contributed by atoms with E-state index in [1.807, 2.05) is 24.4 Å². The molecule has 5 heteroatoms. The lowest BCUT2D eigenvalue weighted by atomic mass is 10.0. The molecule has 0 aliphatic heterocycles. The molecule has 226 valence electrons. The van der Waals surface area contributed by atoms with E-state index in [1.165, 1.54) is 96.3 Å². The number of hydrogen-bond acceptors (Lipinski definition) is 3. The van der Waals surface area contributed by atoms with Crippen LogP contribution in [0.1, 0.15) is 148 Å². The van der Waals surface area contributed by atoms with Crippen LogP contribution in [0, 0.1) is 0 Å². The van der Waals surface area contributed by atoms with Gasteiger partial charge in [-0.15, -0.1) is 0 Å². The lowest BCUT2D eigenvalue weighted by Gasteiger charge is -2.18. The summed E-state index contributed by atoms with van der Waals surface area (Å²) in [5.74, 6) is -0.370.